The Bertz CT molecular complexity index is 817. The van der Waals surface area contributed by atoms with Crippen LogP contribution in [0.1, 0.15) is 56.6 Å². The lowest BCUT2D eigenvalue weighted by Gasteiger charge is -2.32. The Morgan fingerprint density at radius 2 is 1.70 bits per heavy atom. The third kappa shape index (κ3) is 6.15. The van der Waals surface area contributed by atoms with Crippen LogP contribution in [-0.4, -0.2) is 28.8 Å². The number of hydrogen-bond donors (Lipinski definition) is 1. The second kappa shape index (κ2) is 10.9. The van der Waals surface area contributed by atoms with E-state index in [1.807, 2.05) is 37.3 Å². The monoisotopic (exact) mass is 410 g/mol. The number of benzene rings is 2. The van der Waals surface area contributed by atoms with Gasteiger partial charge in [-0.05, 0) is 42.5 Å². The van der Waals surface area contributed by atoms with Crippen LogP contribution >= 0.6 is 0 Å². The Kier molecular flexibility index (Phi) is 8.00. The lowest BCUT2D eigenvalue weighted by Crippen LogP contribution is -2.52. The fraction of sp³-hybridized carbons (Fsp3) is 0.440. The topological polar surface area (TPSA) is 49.4 Å². The molecule has 2 aromatic rings. The second-order valence-electron chi connectivity index (χ2n) is 8.09. The zero-order chi connectivity index (χ0) is 21.3. The van der Waals surface area contributed by atoms with Crippen molar-refractivity contribution in [3.63, 3.8) is 0 Å². The molecule has 1 atom stereocenters. The third-order valence-corrected chi connectivity index (χ3v) is 5.70. The predicted molar refractivity (Wildman–Crippen MR) is 116 cm³/mol. The van der Waals surface area contributed by atoms with Crippen molar-refractivity contribution >= 4 is 11.8 Å². The number of amides is 2. The molecular formula is C25H31FN2O2. The lowest BCUT2D eigenvalue weighted by molar-refractivity contribution is -0.141. The molecule has 30 heavy (non-hydrogen) atoms. The molecule has 3 rings (SSSR count). The van der Waals surface area contributed by atoms with Crippen LogP contribution in [0.2, 0.25) is 0 Å². The summed E-state index contributed by atoms with van der Waals surface area (Å²) in [6.07, 6.45) is 5.78. The van der Waals surface area contributed by atoms with Crippen LogP contribution in [0.15, 0.2) is 54.6 Å². The number of carbonyl (C=O) groups excluding carboxylic acids is 2. The van der Waals surface area contributed by atoms with E-state index in [0.717, 1.165) is 36.8 Å². The van der Waals surface area contributed by atoms with Crippen molar-refractivity contribution in [2.45, 2.75) is 70.5 Å². The van der Waals surface area contributed by atoms with Crippen LogP contribution in [0.5, 0.6) is 0 Å². The summed E-state index contributed by atoms with van der Waals surface area (Å²) in [5.41, 5.74) is 1.82. The quantitative estimate of drug-likeness (QED) is 0.656. The number of rotatable bonds is 9. The van der Waals surface area contributed by atoms with Gasteiger partial charge >= 0.3 is 0 Å². The van der Waals surface area contributed by atoms with E-state index in [1.54, 1.807) is 17.0 Å². The summed E-state index contributed by atoms with van der Waals surface area (Å²) in [7, 11) is 0. The molecule has 1 fully saturated rings. The zero-order valence-corrected chi connectivity index (χ0v) is 17.6. The molecule has 1 N–H and O–H groups in total. The van der Waals surface area contributed by atoms with E-state index in [2.05, 4.69) is 5.32 Å². The minimum atomic E-state index is -0.600. The van der Waals surface area contributed by atoms with Crippen molar-refractivity contribution in [3.05, 3.63) is 71.5 Å². The van der Waals surface area contributed by atoms with Crippen molar-refractivity contribution in [1.29, 1.82) is 0 Å². The molecule has 0 spiro atoms. The average Bonchev–Trinajstić information content (AvgIpc) is 3.26. The first-order chi connectivity index (χ1) is 14.6. The fourth-order valence-corrected chi connectivity index (χ4v) is 4.07. The summed E-state index contributed by atoms with van der Waals surface area (Å²) in [6.45, 7) is 2.24. The second-order valence-corrected chi connectivity index (χ2v) is 8.09. The summed E-state index contributed by atoms with van der Waals surface area (Å²) in [5, 5.41) is 3.18. The van der Waals surface area contributed by atoms with Crippen molar-refractivity contribution in [3.8, 4) is 0 Å². The highest BCUT2D eigenvalue weighted by Gasteiger charge is 2.31. The SMILES string of the molecule is CCCC(=O)N(Cc1ccc(F)cc1)[C@@H](Cc1ccccc1)C(=O)NC1CCCC1. The highest BCUT2D eigenvalue weighted by atomic mass is 19.1. The number of halogens is 1. The molecule has 4 nitrogen and oxygen atoms in total. The van der Waals surface area contributed by atoms with Gasteiger partial charge in [0, 0.05) is 25.4 Å². The first-order valence-electron chi connectivity index (χ1n) is 10.9. The highest BCUT2D eigenvalue weighted by molar-refractivity contribution is 5.88. The molecule has 0 saturated heterocycles. The first kappa shape index (κ1) is 22.0. The molecule has 1 aliphatic carbocycles. The Morgan fingerprint density at radius 1 is 1.03 bits per heavy atom. The number of hydrogen-bond acceptors (Lipinski definition) is 2. The van der Waals surface area contributed by atoms with E-state index in [4.69, 9.17) is 0 Å². The van der Waals surface area contributed by atoms with Gasteiger partial charge in [0.05, 0.1) is 0 Å². The Morgan fingerprint density at radius 3 is 2.33 bits per heavy atom. The summed E-state index contributed by atoms with van der Waals surface area (Å²) >= 11 is 0. The summed E-state index contributed by atoms with van der Waals surface area (Å²) in [4.78, 5) is 28.1. The largest absolute Gasteiger partial charge is 0.352 e. The third-order valence-electron chi connectivity index (χ3n) is 5.70. The van der Waals surface area contributed by atoms with Crippen LogP contribution < -0.4 is 5.32 Å². The van der Waals surface area contributed by atoms with Crippen molar-refractivity contribution in [2.24, 2.45) is 0 Å². The molecule has 1 saturated carbocycles. The molecule has 0 bridgehead atoms. The molecule has 2 amide bonds. The van der Waals surface area contributed by atoms with E-state index in [0.29, 0.717) is 19.3 Å². The molecule has 1 aliphatic rings. The maximum atomic E-state index is 13.4. The van der Waals surface area contributed by atoms with E-state index in [9.17, 15) is 14.0 Å². The van der Waals surface area contributed by atoms with E-state index >= 15 is 0 Å². The molecule has 160 valence electrons. The molecule has 0 heterocycles. The van der Waals surface area contributed by atoms with Crippen LogP contribution in [-0.2, 0) is 22.6 Å². The maximum Gasteiger partial charge on any atom is 0.243 e. The van der Waals surface area contributed by atoms with Gasteiger partial charge in [0.25, 0.3) is 0 Å². The first-order valence-corrected chi connectivity index (χ1v) is 10.9. The summed E-state index contributed by atoms with van der Waals surface area (Å²) in [5.74, 6) is -0.466. The van der Waals surface area contributed by atoms with E-state index in [-0.39, 0.29) is 30.2 Å². The van der Waals surface area contributed by atoms with Crippen LogP contribution in [0.4, 0.5) is 4.39 Å². The highest BCUT2D eigenvalue weighted by Crippen LogP contribution is 2.20. The summed E-state index contributed by atoms with van der Waals surface area (Å²) in [6, 6.07) is 15.5. The van der Waals surface area contributed by atoms with E-state index < -0.39 is 6.04 Å². The van der Waals surface area contributed by atoms with Crippen molar-refractivity contribution < 1.29 is 14.0 Å². The van der Waals surface area contributed by atoms with Gasteiger partial charge in [-0.1, -0.05) is 62.2 Å². The predicted octanol–water partition coefficient (Wildman–Crippen LogP) is 4.62. The zero-order valence-electron chi connectivity index (χ0n) is 17.6. The minimum absolute atomic E-state index is 0.0515. The molecular weight excluding hydrogens is 379 g/mol. The number of nitrogens with zero attached hydrogens (tertiary/aromatic N) is 1. The van der Waals surface area contributed by atoms with Gasteiger partial charge < -0.3 is 10.2 Å². The van der Waals surface area contributed by atoms with Crippen LogP contribution in [0, 0.1) is 5.82 Å². The number of carbonyl (C=O) groups is 2. The van der Waals surface area contributed by atoms with Crippen molar-refractivity contribution in [2.75, 3.05) is 0 Å². The average molecular weight is 411 g/mol. The van der Waals surface area contributed by atoms with Crippen LogP contribution in [0.25, 0.3) is 0 Å². The smallest absolute Gasteiger partial charge is 0.243 e. The standard InChI is InChI=1S/C25H31FN2O2/c1-2-8-24(29)28(18-20-13-15-21(26)16-14-20)23(17-19-9-4-3-5-10-19)25(30)27-22-11-6-7-12-22/h3-5,9-10,13-16,22-23H,2,6-8,11-12,17-18H2,1H3,(H,27,30)/t23-/m0/s1. The number of nitrogens with one attached hydrogen (secondary N) is 1. The van der Waals surface area contributed by atoms with Crippen molar-refractivity contribution in [1.82, 2.24) is 10.2 Å². The van der Waals surface area contributed by atoms with Gasteiger partial charge in [0.1, 0.15) is 11.9 Å². The molecule has 2 aromatic carbocycles. The molecule has 0 aliphatic heterocycles. The lowest BCUT2D eigenvalue weighted by atomic mass is 10.0. The van der Waals surface area contributed by atoms with Gasteiger partial charge in [0.15, 0.2) is 0 Å². The summed E-state index contributed by atoms with van der Waals surface area (Å²) < 4.78 is 13.4. The Balaban J connectivity index is 1.87. The minimum Gasteiger partial charge on any atom is -0.352 e. The van der Waals surface area contributed by atoms with Gasteiger partial charge in [-0.25, -0.2) is 4.39 Å². The van der Waals surface area contributed by atoms with Gasteiger partial charge in [-0.3, -0.25) is 9.59 Å². The molecule has 0 radical (unpaired) electrons. The van der Waals surface area contributed by atoms with Crippen LogP contribution in [0.3, 0.4) is 0 Å². The molecule has 0 unspecified atom stereocenters. The fourth-order valence-electron chi connectivity index (χ4n) is 4.07. The Labute approximate surface area is 178 Å². The normalized spacial score (nSPS) is 15.0. The molecule has 0 aromatic heterocycles. The van der Waals surface area contributed by atoms with E-state index in [1.165, 1.54) is 12.1 Å². The molecule has 5 heteroatoms. The van der Waals surface area contributed by atoms with Gasteiger partial charge in [-0.2, -0.15) is 0 Å². The van der Waals surface area contributed by atoms with Gasteiger partial charge in [0.2, 0.25) is 11.8 Å². The maximum absolute atomic E-state index is 13.4. The van der Waals surface area contributed by atoms with Gasteiger partial charge in [-0.15, -0.1) is 0 Å². The Hall–Kier alpha value is -2.69.